The van der Waals surface area contributed by atoms with Gasteiger partial charge in [-0.05, 0) is 31.1 Å². The van der Waals surface area contributed by atoms with Crippen LogP contribution in [0.3, 0.4) is 0 Å². The lowest BCUT2D eigenvalue weighted by Crippen LogP contribution is -2.14. The average Bonchev–Trinajstić information content (AvgIpc) is 3.33. The Balaban J connectivity index is 1.83. The van der Waals surface area contributed by atoms with E-state index in [4.69, 9.17) is 11.8 Å². The Morgan fingerprint density at radius 3 is 2.79 bits per heavy atom. The third kappa shape index (κ3) is 3.02. The van der Waals surface area contributed by atoms with Crippen LogP contribution in [0.15, 0.2) is 43.0 Å². The van der Waals surface area contributed by atoms with Gasteiger partial charge in [-0.2, -0.15) is 19.7 Å². The van der Waals surface area contributed by atoms with Crippen LogP contribution in [0.2, 0.25) is 0 Å². The summed E-state index contributed by atoms with van der Waals surface area (Å²) in [6.07, 6.45) is 6.57. The molecule has 0 atom stereocenters. The predicted molar refractivity (Wildman–Crippen MR) is 104 cm³/mol. The van der Waals surface area contributed by atoms with Crippen molar-refractivity contribution in [1.82, 2.24) is 29.5 Å². The SMILES string of the molecule is [C-]#[N+]c1ccn(-c2cnc(-n3ncc4cc(C#N)cnc43)cc2NC(C)C)n1. The Bertz CT molecular complexity index is 1250. The molecule has 9 nitrogen and oxygen atoms in total. The zero-order chi connectivity index (χ0) is 19.7. The normalized spacial score (nSPS) is 10.8. The van der Waals surface area contributed by atoms with Crippen LogP contribution in [0.4, 0.5) is 11.5 Å². The van der Waals surface area contributed by atoms with Gasteiger partial charge >= 0.3 is 0 Å². The van der Waals surface area contributed by atoms with Crippen molar-refractivity contribution in [3.63, 3.8) is 0 Å². The fourth-order valence-corrected chi connectivity index (χ4v) is 2.82. The van der Waals surface area contributed by atoms with Gasteiger partial charge in [-0.3, -0.25) is 0 Å². The first-order chi connectivity index (χ1) is 13.6. The number of nitrogens with one attached hydrogen (secondary N) is 1. The van der Waals surface area contributed by atoms with Crippen LogP contribution in [0.1, 0.15) is 19.4 Å². The molecule has 0 radical (unpaired) electrons. The summed E-state index contributed by atoms with van der Waals surface area (Å²) in [6, 6.07) is 7.50. The Labute approximate surface area is 160 Å². The van der Waals surface area contributed by atoms with E-state index in [0.29, 0.717) is 22.8 Å². The lowest BCUT2D eigenvalue weighted by Gasteiger charge is -2.14. The van der Waals surface area contributed by atoms with Crippen molar-refractivity contribution < 1.29 is 0 Å². The molecule has 0 saturated carbocycles. The molecule has 9 heteroatoms. The first-order valence-corrected chi connectivity index (χ1v) is 8.53. The largest absolute Gasteiger partial charge is 0.381 e. The van der Waals surface area contributed by atoms with Crippen molar-refractivity contribution in [2.24, 2.45) is 0 Å². The van der Waals surface area contributed by atoms with Gasteiger partial charge in [-0.15, -0.1) is 0 Å². The van der Waals surface area contributed by atoms with Gasteiger partial charge in [0, 0.05) is 29.9 Å². The minimum absolute atomic E-state index is 0.176. The van der Waals surface area contributed by atoms with Crippen LogP contribution in [0.5, 0.6) is 0 Å². The van der Waals surface area contributed by atoms with Gasteiger partial charge in [0.15, 0.2) is 11.5 Å². The smallest absolute Gasteiger partial charge is 0.295 e. The van der Waals surface area contributed by atoms with Crippen LogP contribution in [0.25, 0.3) is 27.4 Å². The summed E-state index contributed by atoms with van der Waals surface area (Å²) in [4.78, 5) is 12.2. The maximum absolute atomic E-state index is 9.04. The van der Waals surface area contributed by atoms with E-state index in [1.165, 1.54) is 6.20 Å². The van der Waals surface area contributed by atoms with Gasteiger partial charge in [0.1, 0.15) is 11.8 Å². The number of pyridine rings is 2. The summed E-state index contributed by atoms with van der Waals surface area (Å²) >= 11 is 0. The lowest BCUT2D eigenvalue weighted by molar-refractivity contribution is 0.834. The minimum Gasteiger partial charge on any atom is -0.381 e. The summed E-state index contributed by atoms with van der Waals surface area (Å²) in [6.45, 7) is 11.2. The fraction of sp³-hybridized carbons (Fsp3) is 0.158. The van der Waals surface area contributed by atoms with Crippen LogP contribution >= 0.6 is 0 Å². The van der Waals surface area contributed by atoms with Gasteiger partial charge in [-0.1, -0.05) is 6.57 Å². The molecular weight excluding hydrogens is 354 g/mol. The maximum atomic E-state index is 9.04. The molecule has 136 valence electrons. The van der Waals surface area contributed by atoms with Crippen molar-refractivity contribution >= 4 is 22.5 Å². The molecule has 0 unspecified atom stereocenters. The van der Waals surface area contributed by atoms with E-state index in [1.54, 1.807) is 40.1 Å². The molecule has 0 bridgehead atoms. The summed E-state index contributed by atoms with van der Waals surface area (Å²) < 4.78 is 3.24. The molecule has 4 aromatic heterocycles. The zero-order valence-electron chi connectivity index (χ0n) is 15.2. The molecule has 28 heavy (non-hydrogen) atoms. The predicted octanol–water partition coefficient (Wildman–Crippen LogP) is 3.24. The third-order valence-electron chi connectivity index (χ3n) is 4.00. The summed E-state index contributed by atoms with van der Waals surface area (Å²) in [5.74, 6) is 0.895. The molecular formula is C19H15N9. The molecule has 1 N–H and O–H groups in total. The fourth-order valence-electron chi connectivity index (χ4n) is 2.82. The molecule has 0 fully saturated rings. The number of nitriles is 1. The zero-order valence-corrected chi connectivity index (χ0v) is 15.2. The highest BCUT2D eigenvalue weighted by molar-refractivity contribution is 5.77. The Hall–Kier alpha value is -4.24. The highest BCUT2D eigenvalue weighted by Gasteiger charge is 2.15. The standard InChI is InChI=1S/C19H15N9/c1-12(2)25-15-7-18(22-11-16(15)27-5-4-17(21-3)26-27)28-19-14(10-24-28)6-13(8-20)9-23-19/h4-7,9-12H,1-2H3,(H,22,25). The molecule has 0 amide bonds. The number of fused-ring (bicyclic) bond motifs is 1. The second kappa shape index (κ2) is 6.82. The van der Waals surface area contributed by atoms with Gasteiger partial charge in [0.2, 0.25) is 0 Å². The number of nitrogens with zero attached hydrogens (tertiary/aromatic N) is 8. The Morgan fingerprint density at radius 1 is 1.21 bits per heavy atom. The topological polar surface area (TPSA) is 102 Å². The van der Waals surface area contributed by atoms with Crippen LogP contribution < -0.4 is 5.32 Å². The number of anilines is 1. The van der Waals surface area contributed by atoms with E-state index in [0.717, 1.165) is 16.8 Å². The van der Waals surface area contributed by atoms with Gasteiger partial charge in [0.05, 0.1) is 23.6 Å². The first kappa shape index (κ1) is 17.2. The number of aromatic nitrogens is 6. The van der Waals surface area contributed by atoms with Gasteiger partial charge < -0.3 is 10.2 Å². The summed E-state index contributed by atoms with van der Waals surface area (Å²) in [5.41, 5.74) is 2.62. The molecule has 0 saturated heterocycles. The lowest BCUT2D eigenvalue weighted by atomic mass is 10.2. The second-order valence-corrected chi connectivity index (χ2v) is 6.39. The van der Waals surface area contributed by atoms with Crippen molar-refractivity contribution in [3.05, 3.63) is 60.0 Å². The molecule has 0 aliphatic heterocycles. The molecule has 4 rings (SSSR count). The second-order valence-electron chi connectivity index (χ2n) is 6.39. The summed E-state index contributed by atoms with van der Waals surface area (Å²) in [7, 11) is 0. The summed E-state index contributed by atoms with van der Waals surface area (Å²) in [5, 5.41) is 21.8. The number of hydrogen-bond donors (Lipinski definition) is 1. The Morgan fingerprint density at radius 2 is 2.07 bits per heavy atom. The molecule has 0 aliphatic rings. The van der Waals surface area contributed by atoms with E-state index in [9.17, 15) is 0 Å². The average molecular weight is 369 g/mol. The maximum Gasteiger partial charge on any atom is 0.295 e. The molecule has 0 spiro atoms. The molecule has 0 aromatic carbocycles. The quantitative estimate of drug-likeness (QED) is 0.554. The van der Waals surface area contributed by atoms with Crippen molar-refractivity contribution in [2.75, 3.05) is 5.32 Å². The highest BCUT2D eigenvalue weighted by atomic mass is 15.3. The van der Waals surface area contributed by atoms with Crippen LogP contribution in [-0.4, -0.2) is 35.6 Å². The van der Waals surface area contributed by atoms with E-state index < -0.39 is 0 Å². The molecule has 4 heterocycles. The van der Waals surface area contributed by atoms with Gasteiger partial charge in [-0.25, -0.2) is 9.97 Å². The number of hydrogen-bond acceptors (Lipinski definition) is 6. The van der Waals surface area contributed by atoms with E-state index in [2.05, 4.69) is 36.4 Å². The van der Waals surface area contributed by atoms with Crippen molar-refractivity contribution in [1.29, 1.82) is 5.26 Å². The first-order valence-electron chi connectivity index (χ1n) is 8.53. The third-order valence-corrected chi connectivity index (χ3v) is 4.00. The molecule has 0 aliphatic carbocycles. The van der Waals surface area contributed by atoms with Crippen LogP contribution in [-0.2, 0) is 0 Å². The molecule has 4 aromatic rings. The Kier molecular flexibility index (Phi) is 4.18. The van der Waals surface area contributed by atoms with Crippen molar-refractivity contribution in [3.8, 4) is 17.6 Å². The highest BCUT2D eigenvalue weighted by Crippen LogP contribution is 2.25. The number of rotatable bonds is 4. The van der Waals surface area contributed by atoms with Crippen molar-refractivity contribution in [2.45, 2.75) is 19.9 Å². The minimum atomic E-state index is 0.176. The van der Waals surface area contributed by atoms with Crippen LogP contribution in [0, 0.1) is 17.9 Å². The van der Waals surface area contributed by atoms with E-state index in [-0.39, 0.29) is 6.04 Å². The monoisotopic (exact) mass is 369 g/mol. The van der Waals surface area contributed by atoms with Gasteiger partial charge in [0.25, 0.3) is 5.82 Å². The van der Waals surface area contributed by atoms with E-state index in [1.807, 2.05) is 19.9 Å². The van der Waals surface area contributed by atoms with E-state index >= 15 is 0 Å².